The minimum absolute atomic E-state index is 0.0669. The number of amides is 1. The summed E-state index contributed by atoms with van der Waals surface area (Å²) in [7, 11) is 3.59. The first-order valence-corrected chi connectivity index (χ1v) is 6.31. The second kappa shape index (κ2) is 5.00. The van der Waals surface area contributed by atoms with Crippen molar-refractivity contribution in [3.8, 4) is 0 Å². The summed E-state index contributed by atoms with van der Waals surface area (Å²) in [6.07, 6.45) is 4.32. The monoisotopic (exact) mass is 298 g/mol. The van der Waals surface area contributed by atoms with Crippen LogP contribution in [0.3, 0.4) is 0 Å². The van der Waals surface area contributed by atoms with E-state index in [9.17, 15) is 4.79 Å². The smallest absolute Gasteiger partial charge is 0.227 e. The highest BCUT2D eigenvalue weighted by Gasteiger charge is 2.30. The molecular weight excluding hydrogens is 284 g/mol. The molecule has 0 bridgehead atoms. The van der Waals surface area contributed by atoms with Crippen LogP contribution in [-0.4, -0.2) is 48.0 Å². The zero-order valence-corrected chi connectivity index (χ0v) is 11.5. The molecule has 17 heavy (non-hydrogen) atoms. The van der Waals surface area contributed by atoms with Crippen molar-refractivity contribution < 1.29 is 4.79 Å². The fourth-order valence-corrected chi connectivity index (χ4v) is 2.18. The Morgan fingerprint density at radius 3 is 2.71 bits per heavy atom. The normalized spacial score (nSPS) is 19.5. The van der Waals surface area contributed by atoms with Crippen molar-refractivity contribution in [3.05, 3.63) is 16.9 Å². The molecule has 1 aliphatic rings. The molecule has 0 N–H and O–H groups in total. The van der Waals surface area contributed by atoms with Crippen LogP contribution in [0.15, 0.2) is 16.9 Å². The maximum Gasteiger partial charge on any atom is 0.227 e. The van der Waals surface area contributed by atoms with Gasteiger partial charge < -0.3 is 9.80 Å². The molecule has 0 spiro atoms. The van der Waals surface area contributed by atoms with E-state index < -0.39 is 0 Å². The van der Waals surface area contributed by atoms with Crippen LogP contribution < -0.4 is 4.90 Å². The van der Waals surface area contributed by atoms with Crippen LogP contribution in [0.1, 0.15) is 6.42 Å². The molecule has 2 rings (SSSR count). The zero-order chi connectivity index (χ0) is 12.4. The van der Waals surface area contributed by atoms with Gasteiger partial charge in [0, 0.05) is 39.6 Å². The van der Waals surface area contributed by atoms with Crippen molar-refractivity contribution in [2.45, 2.75) is 6.42 Å². The first-order valence-electron chi connectivity index (χ1n) is 5.51. The van der Waals surface area contributed by atoms with Crippen molar-refractivity contribution in [2.75, 3.05) is 32.1 Å². The van der Waals surface area contributed by atoms with Gasteiger partial charge in [-0.1, -0.05) is 0 Å². The number of anilines is 1. The van der Waals surface area contributed by atoms with E-state index >= 15 is 0 Å². The lowest BCUT2D eigenvalue weighted by Crippen LogP contribution is -2.32. The molecular formula is C11H15BrN4O. The third-order valence-electron chi connectivity index (χ3n) is 2.87. The van der Waals surface area contributed by atoms with Gasteiger partial charge in [0.15, 0.2) is 0 Å². The highest BCUT2D eigenvalue weighted by molar-refractivity contribution is 9.10. The van der Waals surface area contributed by atoms with Crippen LogP contribution in [-0.2, 0) is 4.79 Å². The first kappa shape index (κ1) is 12.3. The Kier molecular flexibility index (Phi) is 3.61. The minimum atomic E-state index is 0.0669. The molecule has 1 amide bonds. The molecule has 6 heteroatoms. The van der Waals surface area contributed by atoms with E-state index in [2.05, 4.69) is 30.8 Å². The number of halogens is 1. The van der Waals surface area contributed by atoms with Gasteiger partial charge in [0.1, 0.15) is 0 Å². The number of carbonyl (C=O) groups is 1. The maximum atomic E-state index is 11.8. The highest BCUT2D eigenvalue weighted by Crippen LogP contribution is 2.22. The number of rotatable bonds is 2. The average Bonchev–Trinajstić information content (AvgIpc) is 2.78. The number of aromatic nitrogens is 2. The van der Waals surface area contributed by atoms with Gasteiger partial charge in [-0.15, -0.1) is 0 Å². The summed E-state index contributed by atoms with van der Waals surface area (Å²) in [5.74, 6) is 0.948. The lowest BCUT2D eigenvalue weighted by Gasteiger charge is -2.18. The number of nitrogens with zero attached hydrogens (tertiary/aromatic N) is 4. The van der Waals surface area contributed by atoms with E-state index in [0.717, 1.165) is 17.4 Å². The van der Waals surface area contributed by atoms with Gasteiger partial charge in [0.2, 0.25) is 11.9 Å². The van der Waals surface area contributed by atoms with Crippen LogP contribution in [0, 0.1) is 5.92 Å². The Labute approximate surface area is 109 Å². The molecule has 0 radical (unpaired) electrons. The topological polar surface area (TPSA) is 49.3 Å². The lowest BCUT2D eigenvalue weighted by molar-refractivity contribution is -0.132. The fraction of sp³-hybridized carbons (Fsp3) is 0.545. The summed E-state index contributed by atoms with van der Waals surface area (Å²) in [5.41, 5.74) is 0. The zero-order valence-electron chi connectivity index (χ0n) is 9.93. The molecule has 0 aliphatic carbocycles. The predicted molar refractivity (Wildman–Crippen MR) is 68.7 cm³/mol. The third kappa shape index (κ3) is 2.74. The number of hydrogen-bond acceptors (Lipinski definition) is 4. The third-order valence-corrected chi connectivity index (χ3v) is 3.28. The van der Waals surface area contributed by atoms with Gasteiger partial charge >= 0.3 is 0 Å². The van der Waals surface area contributed by atoms with Gasteiger partial charge in [-0.05, 0) is 22.4 Å². The Balaban J connectivity index is 2.03. The molecule has 1 unspecified atom stereocenters. The highest BCUT2D eigenvalue weighted by atomic mass is 79.9. The maximum absolute atomic E-state index is 11.8. The molecule has 5 nitrogen and oxygen atoms in total. The summed E-state index contributed by atoms with van der Waals surface area (Å²) in [6, 6.07) is 0. The average molecular weight is 299 g/mol. The summed E-state index contributed by atoms with van der Waals surface area (Å²) in [4.78, 5) is 24.0. The second-order valence-corrected chi connectivity index (χ2v) is 5.28. The minimum Gasteiger partial charge on any atom is -0.349 e. The van der Waals surface area contributed by atoms with Crippen molar-refractivity contribution in [1.29, 1.82) is 0 Å². The van der Waals surface area contributed by atoms with Crippen molar-refractivity contribution >= 4 is 27.8 Å². The molecule has 1 saturated heterocycles. The molecule has 1 aromatic rings. The summed E-state index contributed by atoms with van der Waals surface area (Å²) < 4.78 is 0.862. The Hall–Kier alpha value is -1.17. The Morgan fingerprint density at radius 2 is 2.12 bits per heavy atom. The summed E-state index contributed by atoms with van der Waals surface area (Å²) in [6.45, 7) is 1.55. The molecule has 92 valence electrons. The number of hydrogen-bond donors (Lipinski definition) is 0. The van der Waals surface area contributed by atoms with Crippen LogP contribution in [0.4, 0.5) is 5.95 Å². The molecule has 0 saturated carbocycles. The van der Waals surface area contributed by atoms with Gasteiger partial charge in [-0.25, -0.2) is 9.97 Å². The molecule has 1 aromatic heterocycles. The standard InChI is InChI=1S/C11H15BrN4O/c1-15(2)10(17)8-3-4-16(7-8)11-13-5-9(12)6-14-11/h5-6,8H,3-4,7H2,1-2H3. The second-order valence-electron chi connectivity index (χ2n) is 4.37. The molecule has 1 fully saturated rings. The van der Waals surface area contributed by atoms with Crippen LogP contribution in [0.25, 0.3) is 0 Å². The quantitative estimate of drug-likeness (QED) is 0.822. The first-order chi connectivity index (χ1) is 8.08. The van der Waals surface area contributed by atoms with E-state index in [1.54, 1.807) is 31.4 Å². The Morgan fingerprint density at radius 1 is 1.47 bits per heavy atom. The van der Waals surface area contributed by atoms with Crippen LogP contribution >= 0.6 is 15.9 Å². The Bertz CT molecular complexity index is 406. The van der Waals surface area contributed by atoms with Crippen molar-refractivity contribution in [1.82, 2.24) is 14.9 Å². The molecule has 1 aliphatic heterocycles. The fourth-order valence-electron chi connectivity index (χ4n) is 1.98. The van der Waals surface area contributed by atoms with E-state index in [1.807, 2.05) is 0 Å². The van der Waals surface area contributed by atoms with Crippen LogP contribution in [0.2, 0.25) is 0 Å². The molecule has 0 aromatic carbocycles. The van der Waals surface area contributed by atoms with Gasteiger partial charge in [-0.2, -0.15) is 0 Å². The van der Waals surface area contributed by atoms with E-state index in [0.29, 0.717) is 12.5 Å². The van der Waals surface area contributed by atoms with Gasteiger partial charge in [-0.3, -0.25) is 4.79 Å². The lowest BCUT2D eigenvalue weighted by atomic mass is 10.1. The molecule has 2 heterocycles. The largest absolute Gasteiger partial charge is 0.349 e. The number of carbonyl (C=O) groups excluding carboxylic acids is 1. The van der Waals surface area contributed by atoms with E-state index in [4.69, 9.17) is 0 Å². The van der Waals surface area contributed by atoms with Crippen LogP contribution in [0.5, 0.6) is 0 Å². The summed E-state index contributed by atoms with van der Waals surface area (Å²) in [5, 5.41) is 0. The van der Waals surface area contributed by atoms with Gasteiger partial charge in [0.05, 0.1) is 10.4 Å². The van der Waals surface area contributed by atoms with E-state index in [1.165, 1.54) is 0 Å². The van der Waals surface area contributed by atoms with Crippen molar-refractivity contribution in [3.63, 3.8) is 0 Å². The molecule has 1 atom stereocenters. The summed E-state index contributed by atoms with van der Waals surface area (Å²) >= 11 is 3.30. The predicted octanol–water partition coefficient (Wildman–Crippen LogP) is 1.15. The SMILES string of the molecule is CN(C)C(=O)C1CCN(c2ncc(Br)cn2)C1. The van der Waals surface area contributed by atoms with Gasteiger partial charge in [0.25, 0.3) is 0 Å². The van der Waals surface area contributed by atoms with E-state index in [-0.39, 0.29) is 11.8 Å². The van der Waals surface area contributed by atoms with Crippen molar-refractivity contribution in [2.24, 2.45) is 5.92 Å².